The van der Waals surface area contributed by atoms with Gasteiger partial charge in [0.1, 0.15) is 11.3 Å². The van der Waals surface area contributed by atoms with Crippen molar-refractivity contribution in [3.8, 4) is 0 Å². The van der Waals surface area contributed by atoms with E-state index in [9.17, 15) is 17.6 Å². The van der Waals surface area contributed by atoms with Crippen LogP contribution in [0.3, 0.4) is 0 Å². The van der Waals surface area contributed by atoms with E-state index < -0.39 is 37.3 Å². The van der Waals surface area contributed by atoms with Crippen molar-refractivity contribution in [1.82, 2.24) is 10.2 Å². The van der Waals surface area contributed by atoms with Crippen LogP contribution >= 0.6 is 22.9 Å². The maximum Gasteiger partial charge on any atom is 0.337 e. The number of benzene rings is 1. The van der Waals surface area contributed by atoms with Crippen LogP contribution in [0.4, 0.5) is 9.52 Å². The number of hydrogen-bond acceptors (Lipinski definition) is 6. The SMILES string of the molecule is O=C(O)c1cc(S(=O)(=O)Nc2nncs2)cc(F)c1Cl. The van der Waals surface area contributed by atoms with Crippen LogP contribution in [0.15, 0.2) is 22.5 Å². The molecule has 20 heavy (non-hydrogen) atoms. The van der Waals surface area contributed by atoms with Gasteiger partial charge in [0.25, 0.3) is 10.0 Å². The average molecular weight is 338 g/mol. The van der Waals surface area contributed by atoms with Crippen molar-refractivity contribution in [2.75, 3.05) is 4.72 Å². The Balaban J connectivity index is 2.49. The molecule has 0 saturated heterocycles. The maximum atomic E-state index is 13.5. The summed E-state index contributed by atoms with van der Waals surface area (Å²) >= 11 is 6.38. The van der Waals surface area contributed by atoms with E-state index in [2.05, 4.69) is 10.2 Å². The summed E-state index contributed by atoms with van der Waals surface area (Å²) in [5.41, 5.74) is 0.646. The van der Waals surface area contributed by atoms with Gasteiger partial charge in [-0.25, -0.2) is 17.6 Å². The van der Waals surface area contributed by atoms with Crippen LogP contribution in [0.25, 0.3) is 0 Å². The standard InChI is InChI=1S/C9H5ClFN3O4S2/c10-7-5(8(15)16)1-4(2-6(7)11)20(17,18)14-9-13-12-3-19-9/h1-3H,(H,13,14)(H,15,16). The number of carbonyl (C=O) groups is 1. The Morgan fingerprint density at radius 3 is 2.70 bits per heavy atom. The molecular formula is C9H5ClFN3O4S2. The van der Waals surface area contributed by atoms with Gasteiger partial charge in [0.05, 0.1) is 15.5 Å². The first-order chi connectivity index (χ1) is 9.31. The molecule has 0 aliphatic heterocycles. The molecule has 1 aromatic heterocycles. The van der Waals surface area contributed by atoms with Gasteiger partial charge >= 0.3 is 5.97 Å². The molecule has 2 aromatic rings. The minimum Gasteiger partial charge on any atom is -0.478 e. The summed E-state index contributed by atoms with van der Waals surface area (Å²) in [4.78, 5) is 10.3. The van der Waals surface area contributed by atoms with Gasteiger partial charge in [0.15, 0.2) is 0 Å². The highest BCUT2D eigenvalue weighted by molar-refractivity contribution is 7.93. The third-order valence-corrected chi connectivity index (χ3v) is 4.56. The molecule has 0 atom stereocenters. The molecule has 1 aromatic carbocycles. The first-order valence-electron chi connectivity index (χ1n) is 4.82. The molecule has 106 valence electrons. The van der Waals surface area contributed by atoms with Crippen LogP contribution in [0.1, 0.15) is 10.4 Å². The Morgan fingerprint density at radius 1 is 1.45 bits per heavy atom. The second kappa shape index (κ2) is 5.31. The van der Waals surface area contributed by atoms with Crippen LogP contribution in [-0.4, -0.2) is 29.7 Å². The minimum atomic E-state index is -4.18. The number of halogens is 2. The summed E-state index contributed by atoms with van der Waals surface area (Å²) in [5.74, 6) is -2.69. The second-order valence-electron chi connectivity index (χ2n) is 3.42. The fourth-order valence-electron chi connectivity index (χ4n) is 1.27. The summed E-state index contributed by atoms with van der Waals surface area (Å²) in [6.45, 7) is 0. The number of anilines is 1. The molecule has 2 N–H and O–H groups in total. The molecule has 0 spiro atoms. The van der Waals surface area contributed by atoms with Gasteiger partial charge in [-0.05, 0) is 12.1 Å². The number of aromatic carboxylic acids is 1. The smallest absolute Gasteiger partial charge is 0.337 e. The molecular weight excluding hydrogens is 333 g/mol. The lowest BCUT2D eigenvalue weighted by molar-refractivity contribution is 0.0696. The molecule has 11 heteroatoms. The van der Waals surface area contributed by atoms with Gasteiger partial charge < -0.3 is 5.11 Å². The van der Waals surface area contributed by atoms with E-state index in [0.29, 0.717) is 6.07 Å². The van der Waals surface area contributed by atoms with Crippen LogP contribution < -0.4 is 4.72 Å². The molecule has 0 amide bonds. The van der Waals surface area contributed by atoms with E-state index in [-0.39, 0.29) is 5.13 Å². The van der Waals surface area contributed by atoms with Crippen molar-refractivity contribution in [3.05, 3.63) is 34.0 Å². The van der Waals surface area contributed by atoms with Crippen molar-refractivity contribution >= 4 is 44.1 Å². The van der Waals surface area contributed by atoms with Crippen LogP contribution in [-0.2, 0) is 10.0 Å². The molecule has 0 fully saturated rings. The van der Waals surface area contributed by atoms with E-state index in [0.717, 1.165) is 17.4 Å². The van der Waals surface area contributed by atoms with Crippen LogP contribution in [0.5, 0.6) is 0 Å². The largest absolute Gasteiger partial charge is 0.478 e. The third-order valence-electron chi connectivity index (χ3n) is 2.12. The Bertz CT molecular complexity index is 764. The normalized spacial score (nSPS) is 11.3. The predicted octanol–water partition coefficient (Wildman–Crippen LogP) is 1.83. The lowest BCUT2D eigenvalue weighted by Gasteiger charge is -2.07. The van der Waals surface area contributed by atoms with Gasteiger partial charge in [0.2, 0.25) is 5.13 Å². The Hall–Kier alpha value is -1.78. The summed E-state index contributed by atoms with van der Waals surface area (Å²) in [7, 11) is -4.18. The number of carboxylic acid groups (broad SMARTS) is 1. The minimum absolute atomic E-state index is 0.0303. The molecule has 0 aliphatic rings. The number of aromatic nitrogens is 2. The molecule has 2 rings (SSSR count). The summed E-state index contributed by atoms with van der Waals surface area (Å²) in [6, 6.07) is 1.38. The number of carboxylic acids is 1. The summed E-state index contributed by atoms with van der Waals surface area (Å²) < 4.78 is 39.5. The van der Waals surface area contributed by atoms with Gasteiger partial charge in [0, 0.05) is 0 Å². The number of hydrogen-bond donors (Lipinski definition) is 2. The molecule has 1 heterocycles. The fraction of sp³-hybridized carbons (Fsp3) is 0. The summed E-state index contributed by atoms with van der Waals surface area (Å²) in [6.07, 6.45) is 0. The average Bonchev–Trinajstić information content (AvgIpc) is 2.83. The van der Waals surface area contributed by atoms with Gasteiger partial charge in [-0.2, -0.15) is 0 Å². The van der Waals surface area contributed by atoms with E-state index in [1.54, 1.807) is 0 Å². The quantitative estimate of drug-likeness (QED) is 0.880. The zero-order valence-electron chi connectivity index (χ0n) is 9.37. The zero-order chi connectivity index (χ0) is 14.9. The Morgan fingerprint density at radius 2 is 2.15 bits per heavy atom. The Labute approximate surface area is 121 Å². The van der Waals surface area contributed by atoms with Gasteiger partial charge in [-0.3, -0.25) is 4.72 Å². The second-order valence-corrected chi connectivity index (χ2v) is 6.31. The first kappa shape index (κ1) is 14.6. The maximum absolute atomic E-state index is 13.5. The zero-order valence-corrected chi connectivity index (χ0v) is 11.8. The molecule has 0 unspecified atom stereocenters. The fourth-order valence-corrected chi connectivity index (χ4v) is 3.19. The van der Waals surface area contributed by atoms with Crippen LogP contribution in [0, 0.1) is 5.82 Å². The highest BCUT2D eigenvalue weighted by atomic mass is 35.5. The number of sulfonamides is 1. The highest BCUT2D eigenvalue weighted by Crippen LogP contribution is 2.26. The molecule has 0 radical (unpaired) electrons. The third kappa shape index (κ3) is 2.86. The monoisotopic (exact) mass is 337 g/mol. The van der Waals surface area contributed by atoms with Crippen molar-refractivity contribution in [3.63, 3.8) is 0 Å². The van der Waals surface area contributed by atoms with Crippen molar-refractivity contribution in [2.45, 2.75) is 4.90 Å². The molecule has 0 aliphatic carbocycles. The van der Waals surface area contributed by atoms with E-state index in [4.69, 9.17) is 16.7 Å². The van der Waals surface area contributed by atoms with Gasteiger partial charge in [-0.1, -0.05) is 22.9 Å². The van der Waals surface area contributed by atoms with Crippen LogP contribution in [0.2, 0.25) is 5.02 Å². The lowest BCUT2D eigenvalue weighted by atomic mass is 10.2. The number of nitrogens with zero attached hydrogens (tertiary/aromatic N) is 2. The number of nitrogens with one attached hydrogen (secondary N) is 1. The lowest BCUT2D eigenvalue weighted by Crippen LogP contribution is -2.14. The Kier molecular flexibility index (Phi) is 3.88. The van der Waals surface area contributed by atoms with E-state index in [1.165, 1.54) is 5.51 Å². The number of rotatable bonds is 4. The summed E-state index contributed by atoms with van der Waals surface area (Å²) in [5, 5.41) is 15.1. The first-order valence-corrected chi connectivity index (χ1v) is 7.56. The van der Waals surface area contributed by atoms with Gasteiger partial charge in [-0.15, -0.1) is 10.2 Å². The molecule has 0 bridgehead atoms. The topological polar surface area (TPSA) is 109 Å². The van der Waals surface area contributed by atoms with Crippen molar-refractivity contribution < 1.29 is 22.7 Å². The van der Waals surface area contributed by atoms with Crippen molar-refractivity contribution in [1.29, 1.82) is 0 Å². The molecule has 7 nitrogen and oxygen atoms in total. The predicted molar refractivity (Wildman–Crippen MR) is 69.1 cm³/mol. The van der Waals surface area contributed by atoms with E-state index >= 15 is 0 Å². The highest BCUT2D eigenvalue weighted by Gasteiger charge is 2.22. The van der Waals surface area contributed by atoms with E-state index in [1.807, 2.05) is 4.72 Å². The molecule has 0 saturated carbocycles. The van der Waals surface area contributed by atoms with Crippen molar-refractivity contribution in [2.24, 2.45) is 0 Å².